The minimum Gasteiger partial charge on any atom is -0.497 e. The lowest BCUT2D eigenvalue weighted by molar-refractivity contribution is 0.229. The predicted molar refractivity (Wildman–Crippen MR) is 66.7 cm³/mol. The van der Waals surface area contributed by atoms with E-state index in [1.54, 1.807) is 25.1 Å². The van der Waals surface area contributed by atoms with Crippen LogP contribution < -0.4 is 15.4 Å². The van der Waals surface area contributed by atoms with Gasteiger partial charge in [-0.2, -0.15) is 0 Å². The Morgan fingerprint density at radius 2 is 2.29 bits per heavy atom. The van der Waals surface area contributed by atoms with Gasteiger partial charge in [-0.3, -0.25) is 0 Å². The Bertz CT molecular complexity index is 398. The predicted octanol–water partition coefficient (Wildman–Crippen LogP) is 1.85. The zero-order chi connectivity index (χ0) is 12.8. The van der Waals surface area contributed by atoms with Gasteiger partial charge in [0.1, 0.15) is 5.75 Å². The first-order valence-corrected chi connectivity index (χ1v) is 5.46. The number of hydrogen-bond acceptors (Lipinski definition) is 3. The van der Waals surface area contributed by atoms with Gasteiger partial charge >= 0.3 is 6.03 Å². The van der Waals surface area contributed by atoms with Crippen molar-refractivity contribution in [2.75, 3.05) is 19.0 Å². The number of carbonyl (C=O) groups excluding carboxylic acids is 1. The molecule has 0 bridgehead atoms. The molecule has 5 nitrogen and oxygen atoms in total. The number of urea groups is 1. The molecule has 0 fully saturated rings. The van der Waals surface area contributed by atoms with Gasteiger partial charge in [-0.05, 0) is 19.1 Å². The molecule has 0 radical (unpaired) electrons. The first-order chi connectivity index (χ1) is 8.06. The van der Waals surface area contributed by atoms with E-state index in [4.69, 9.17) is 21.4 Å². The number of rotatable bonds is 4. The van der Waals surface area contributed by atoms with Gasteiger partial charge in [0, 0.05) is 6.07 Å². The van der Waals surface area contributed by atoms with Gasteiger partial charge in [0.05, 0.1) is 30.5 Å². The highest BCUT2D eigenvalue weighted by Gasteiger charge is 2.09. The van der Waals surface area contributed by atoms with Crippen LogP contribution in [0, 0.1) is 0 Å². The Morgan fingerprint density at radius 1 is 1.59 bits per heavy atom. The number of aliphatic hydroxyl groups is 1. The van der Waals surface area contributed by atoms with E-state index in [-0.39, 0.29) is 12.6 Å². The lowest BCUT2D eigenvalue weighted by atomic mass is 10.3. The van der Waals surface area contributed by atoms with E-state index in [1.165, 1.54) is 7.11 Å². The molecule has 1 rings (SSSR count). The second-order valence-electron chi connectivity index (χ2n) is 3.53. The van der Waals surface area contributed by atoms with Crippen molar-refractivity contribution in [1.29, 1.82) is 0 Å². The van der Waals surface area contributed by atoms with Crippen LogP contribution in [0.25, 0.3) is 0 Å². The molecule has 1 aromatic carbocycles. The van der Waals surface area contributed by atoms with Crippen molar-refractivity contribution >= 4 is 23.3 Å². The number of benzene rings is 1. The maximum atomic E-state index is 11.5. The average Bonchev–Trinajstić information content (AvgIpc) is 2.31. The lowest BCUT2D eigenvalue weighted by Crippen LogP contribution is -2.38. The molecule has 0 aliphatic carbocycles. The molecule has 0 saturated heterocycles. The molecule has 3 N–H and O–H groups in total. The summed E-state index contributed by atoms with van der Waals surface area (Å²) in [6.45, 7) is 1.56. The van der Waals surface area contributed by atoms with Crippen LogP contribution in [0.2, 0.25) is 5.02 Å². The third-order valence-electron chi connectivity index (χ3n) is 2.07. The zero-order valence-electron chi connectivity index (χ0n) is 9.66. The van der Waals surface area contributed by atoms with E-state index in [1.807, 2.05) is 0 Å². The summed E-state index contributed by atoms with van der Waals surface area (Å²) in [7, 11) is 1.53. The van der Waals surface area contributed by atoms with Crippen LogP contribution in [-0.4, -0.2) is 30.9 Å². The Labute approximate surface area is 105 Å². The Kier molecular flexibility index (Phi) is 5.06. The molecule has 0 saturated carbocycles. The number of nitrogens with one attached hydrogen (secondary N) is 2. The van der Waals surface area contributed by atoms with Crippen molar-refractivity contribution < 1.29 is 14.6 Å². The summed E-state index contributed by atoms with van der Waals surface area (Å²) < 4.78 is 5.02. The maximum Gasteiger partial charge on any atom is 0.319 e. The number of anilines is 1. The highest BCUT2D eigenvalue weighted by Crippen LogP contribution is 2.26. The van der Waals surface area contributed by atoms with E-state index >= 15 is 0 Å². The second-order valence-corrected chi connectivity index (χ2v) is 3.94. The monoisotopic (exact) mass is 258 g/mol. The van der Waals surface area contributed by atoms with Gasteiger partial charge in [0.2, 0.25) is 0 Å². The third kappa shape index (κ3) is 4.13. The fraction of sp³-hybridized carbons (Fsp3) is 0.364. The van der Waals surface area contributed by atoms with Crippen LogP contribution in [0.4, 0.5) is 10.5 Å². The van der Waals surface area contributed by atoms with E-state index in [9.17, 15) is 4.79 Å². The normalized spacial score (nSPS) is 11.8. The largest absolute Gasteiger partial charge is 0.497 e. The lowest BCUT2D eigenvalue weighted by Gasteiger charge is -2.13. The molecular formula is C11H15ClN2O3. The average molecular weight is 259 g/mol. The van der Waals surface area contributed by atoms with E-state index < -0.39 is 6.03 Å². The fourth-order valence-electron chi connectivity index (χ4n) is 1.15. The first-order valence-electron chi connectivity index (χ1n) is 5.08. The van der Waals surface area contributed by atoms with E-state index in [0.29, 0.717) is 16.5 Å². The molecular weight excluding hydrogens is 244 g/mol. The van der Waals surface area contributed by atoms with Crippen LogP contribution in [0.3, 0.4) is 0 Å². The van der Waals surface area contributed by atoms with Gasteiger partial charge in [-0.1, -0.05) is 11.6 Å². The maximum absolute atomic E-state index is 11.5. The van der Waals surface area contributed by atoms with Crippen LogP contribution in [0.5, 0.6) is 5.75 Å². The zero-order valence-corrected chi connectivity index (χ0v) is 10.4. The summed E-state index contributed by atoms with van der Waals surface area (Å²) in [6, 6.07) is 4.19. The Morgan fingerprint density at radius 3 is 2.88 bits per heavy atom. The molecule has 0 aromatic heterocycles. The number of ether oxygens (including phenoxy) is 1. The summed E-state index contributed by atoms with van der Waals surface area (Å²) in [5.41, 5.74) is 0.452. The fourth-order valence-corrected chi connectivity index (χ4v) is 1.32. The van der Waals surface area contributed by atoms with Gasteiger partial charge in [0.25, 0.3) is 0 Å². The van der Waals surface area contributed by atoms with Crippen molar-refractivity contribution in [1.82, 2.24) is 5.32 Å². The SMILES string of the molecule is COc1ccc(Cl)c(NC(=O)NC(C)CO)c1. The summed E-state index contributed by atoms with van der Waals surface area (Å²) in [5.74, 6) is 0.597. The van der Waals surface area contributed by atoms with Crippen molar-refractivity contribution in [2.24, 2.45) is 0 Å². The van der Waals surface area contributed by atoms with E-state index in [2.05, 4.69) is 10.6 Å². The van der Waals surface area contributed by atoms with Gasteiger partial charge in [0.15, 0.2) is 0 Å². The summed E-state index contributed by atoms with van der Waals surface area (Å²) in [6.07, 6.45) is 0. The number of methoxy groups -OCH3 is 1. The van der Waals surface area contributed by atoms with Gasteiger partial charge in [-0.25, -0.2) is 4.79 Å². The third-order valence-corrected chi connectivity index (χ3v) is 2.40. The molecule has 17 heavy (non-hydrogen) atoms. The highest BCUT2D eigenvalue weighted by molar-refractivity contribution is 6.33. The van der Waals surface area contributed by atoms with Crippen molar-refractivity contribution in [3.05, 3.63) is 23.2 Å². The minimum atomic E-state index is -0.429. The molecule has 0 heterocycles. The molecule has 0 aliphatic rings. The molecule has 2 amide bonds. The topological polar surface area (TPSA) is 70.6 Å². The number of halogens is 1. The van der Waals surface area contributed by atoms with Crippen molar-refractivity contribution in [3.8, 4) is 5.75 Å². The van der Waals surface area contributed by atoms with Gasteiger partial charge in [-0.15, -0.1) is 0 Å². The van der Waals surface area contributed by atoms with Crippen molar-refractivity contribution in [3.63, 3.8) is 0 Å². The Hall–Kier alpha value is -1.46. The number of amides is 2. The second kappa shape index (κ2) is 6.32. The minimum absolute atomic E-state index is 0.126. The van der Waals surface area contributed by atoms with Crippen LogP contribution in [-0.2, 0) is 0 Å². The number of hydrogen-bond donors (Lipinski definition) is 3. The van der Waals surface area contributed by atoms with E-state index in [0.717, 1.165) is 0 Å². The number of aliphatic hydroxyl groups excluding tert-OH is 1. The highest BCUT2D eigenvalue weighted by atomic mass is 35.5. The smallest absolute Gasteiger partial charge is 0.319 e. The standard InChI is InChI=1S/C11H15ClN2O3/c1-7(6-15)13-11(16)14-10-5-8(17-2)3-4-9(10)12/h3-5,7,15H,6H2,1-2H3,(H2,13,14,16). The molecule has 0 spiro atoms. The molecule has 1 aromatic rings. The van der Waals surface area contributed by atoms with Crippen LogP contribution in [0.15, 0.2) is 18.2 Å². The summed E-state index contributed by atoms with van der Waals surface area (Å²) in [4.78, 5) is 11.5. The molecule has 1 atom stereocenters. The molecule has 94 valence electrons. The quantitative estimate of drug-likeness (QED) is 0.772. The van der Waals surface area contributed by atoms with Crippen LogP contribution >= 0.6 is 11.6 Å². The summed E-state index contributed by atoms with van der Waals surface area (Å²) >= 11 is 5.92. The number of carbonyl (C=O) groups is 1. The van der Waals surface area contributed by atoms with Gasteiger partial charge < -0.3 is 20.5 Å². The molecule has 6 heteroatoms. The first kappa shape index (κ1) is 13.6. The van der Waals surface area contributed by atoms with Crippen molar-refractivity contribution in [2.45, 2.75) is 13.0 Å². The van der Waals surface area contributed by atoms with Crippen LogP contribution in [0.1, 0.15) is 6.92 Å². The Balaban J connectivity index is 2.70. The summed E-state index contributed by atoms with van der Waals surface area (Å²) in [5, 5.41) is 14.3. The molecule has 1 unspecified atom stereocenters. The molecule has 0 aliphatic heterocycles.